The molecule has 2 N–H and O–H groups in total. The summed E-state index contributed by atoms with van der Waals surface area (Å²) in [6.45, 7) is 9.05. The van der Waals surface area contributed by atoms with Gasteiger partial charge < -0.3 is 10.5 Å². The van der Waals surface area contributed by atoms with Crippen LogP contribution in [0.4, 0.5) is 0 Å². The summed E-state index contributed by atoms with van der Waals surface area (Å²) in [5, 5.41) is 0. The van der Waals surface area contributed by atoms with E-state index in [2.05, 4.69) is 38.7 Å². The summed E-state index contributed by atoms with van der Waals surface area (Å²) in [7, 11) is 0. The molecule has 0 amide bonds. The first-order valence-electron chi connectivity index (χ1n) is 7.49. The average molecular weight is 284 g/mol. The van der Waals surface area contributed by atoms with Gasteiger partial charge in [0.25, 0.3) is 0 Å². The van der Waals surface area contributed by atoms with Crippen LogP contribution in [0.3, 0.4) is 0 Å². The van der Waals surface area contributed by atoms with Gasteiger partial charge >= 0.3 is 0 Å². The first kappa shape index (κ1) is 15.5. The number of benzene rings is 1. The summed E-state index contributed by atoms with van der Waals surface area (Å²) in [6.07, 6.45) is 0. The maximum absolute atomic E-state index is 6.04. The maximum Gasteiger partial charge on any atom is 0.219 e. The van der Waals surface area contributed by atoms with Crippen molar-refractivity contribution in [3.8, 4) is 11.6 Å². The Balaban J connectivity index is 2.37. The van der Waals surface area contributed by atoms with Gasteiger partial charge in [0, 0.05) is 18.3 Å². The topological polar surface area (TPSA) is 48.1 Å². The van der Waals surface area contributed by atoms with Crippen LogP contribution in [0, 0.1) is 0 Å². The van der Waals surface area contributed by atoms with Crippen LogP contribution in [0.1, 0.15) is 56.4 Å². The Labute approximate surface area is 127 Å². The van der Waals surface area contributed by atoms with Crippen molar-refractivity contribution in [2.24, 2.45) is 5.73 Å². The Morgan fingerprint density at radius 3 is 2.38 bits per heavy atom. The number of nitrogens with two attached hydrogens (primary N) is 1. The monoisotopic (exact) mass is 284 g/mol. The Hall–Kier alpha value is -1.87. The minimum absolute atomic E-state index is 0.346. The third kappa shape index (κ3) is 3.82. The van der Waals surface area contributed by atoms with Crippen LogP contribution in [0.5, 0.6) is 11.6 Å². The van der Waals surface area contributed by atoms with Crippen LogP contribution >= 0.6 is 0 Å². The van der Waals surface area contributed by atoms with Crippen molar-refractivity contribution in [2.45, 2.75) is 46.1 Å². The van der Waals surface area contributed by atoms with E-state index in [1.165, 1.54) is 5.56 Å². The highest BCUT2D eigenvalue weighted by Gasteiger charge is 2.11. The van der Waals surface area contributed by atoms with Crippen molar-refractivity contribution in [3.63, 3.8) is 0 Å². The number of para-hydroxylation sites is 1. The van der Waals surface area contributed by atoms with Crippen LogP contribution in [-0.2, 0) is 6.54 Å². The fourth-order valence-corrected chi connectivity index (χ4v) is 2.21. The molecule has 0 saturated carbocycles. The van der Waals surface area contributed by atoms with Gasteiger partial charge in [-0.1, -0.05) is 45.9 Å². The number of nitrogens with zero attached hydrogens (tertiary/aromatic N) is 1. The smallest absolute Gasteiger partial charge is 0.219 e. The minimum atomic E-state index is 0.346. The van der Waals surface area contributed by atoms with Gasteiger partial charge in [-0.05, 0) is 35.1 Å². The zero-order valence-corrected chi connectivity index (χ0v) is 13.3. The largest absolute Gasteiger partial charge is 0.439 e. The lowest BCUT2D eigenvalue weighted by molar-refractivity contribution is 0.450. The summed E-state index contributed by atoms with van der Waals surface area (Å²) >= 11 is 0. The molecule has 0 spiro atoms. The molecule has 0 aliphatic carbocycles. The summed E-state index contributed by atoms with van der Waals surface area (Å²) in [5.74, 6) is 2.24. The first-order valence-corrected chi connectivity index (χ1v) is 7.49. The second-order valence-corrected chi connectivity index (χ2v) is 5.89. The zero-order valence-electron chi connectivity index (χ0n) is 13.3. The molecule has 2 rings (SSSR count). The maximum atomic E-state index is 6.04. The minimum Gasteiger partial charge on any atom is -0.439 e. The molecule has 0 atom stereocenters. The predicted octanol–water partition coefficient (Wildman–Crippen LogP) is 4.58. The third-order valence-electron chi connectivity index (χ3n) is 3.46. The summed E-state index contributed by atoms with van der Waals surface area (Å²) < 4.78 is 6.04. The summed E-state index contributed by atoms with van der Waals surface area (Å²) in [5.41, 5.74) is 9.02. The van der Waals surface area contributed by atoms with Crippen LogP contribution in [0.25, 0.3) is 0 Å². The lowest BCUT2D eigenvalue weighted by Gasteiger charge is -2.15. The van der Waals surface area contributed by atoms with Crippen LogP contribution < -0.4 is 10.5 Å². The van der Waals surface area contributed by atoms with E-state index < -0.39 is 0 Å². The number of pyridine rings is 1. The second-order valence-electron chi connectivity index (χ2n) is 5.89. The quantitative estimate of drug-likeness (QED) is 0.874. The standard InChI is InChI=1S/C18H24N2O/c1-12(2)15-7-5-6-8-17(15)21-18-10-14(11-19)9-16(20-18)13(3)4/h5-10,12-13H,11,19H2,1-4H3. The van der Waals surface area contributed by atoms with Gasteiger partial charge in [-0.15, -0.1) is 0 Å². The van der Waals surface area contributed by atoms with E-state index in [4.69, 9.17) is 10.5 Å². The van der Waals surface area contributed by atoms with Gasteiger partial charge in [0.1, 0.15) is 5.75 Å². The van der Waals surface area contributed by atoms with Crippen molar-refractivity contribution in [1.82, 2.24) is 4.98 Å². The summed E-state index contributed by atoms with van der Waals surface area (Å²) in [4.78, 5) is 4.60. The molecule has 0 aliphatic rings. The molecule has 1 aromatic carbocycles. The van der Waals surface area contributed by atoms with E-state index in [0.717, 1.165) is 17.0 Å². The number of hydrogen-bond acceptors (Lipinski definition) is 3. The van der Waals surface area contributed by atoms with Crippen molar-refractivity contribution in [2.75, 3.05) is 0 Å². The molecule has 3 nitrogen and oxygen atoms in total. The molecular weight excluding hydrogens is 260 g/mol. The molecule has 0 saturated heterocycles. The molecule has 0 bridgehead atoms. The average Bonchev–Trinajstić information content (AvgIpc) is 2.47. The van der Waals surface area contributed by atoms with Gasteiger partial charge in [0.2, 0.25) is 5.88 Å². The fourth-order valence-electron chi connectivity index (χ4n) is 2.21. The van der Waals surface area contributed by atoms with Crippen LogP contribution in [-0.4, -0.2) is 4.98 Å². The molecule has 2 aromatic rings. The lowest BCUT2D eigenvalue weighted by atomic mass is 10.0. The van der Waals surface area contributed by atoms with Crippen molar-refractivity contribution < 1.29 is 4.74 Å². The molecule has 0 fully saturated rings. The van der Waals surface area contributed by atoms with Crippen molar-refractivity contribution in [1.29, 1.82) is 0 Å². The summed E-state index contributed by atoms with van der Waals surface area (Å²) in [6, 6.07) is 12.1. The number of aromatic nitrogens is 1. The van der Waals surface area contributed by atoms with Gasteiger partial charge in [0.15, 0.2) is 0 Å². The Kier molecular flexibility index (Phi) is 4.97. The van der Waals surface area contributed by atoms with Gasteiger partial charge in [-0.2, -0.15) is 0 Å². The number of hydrogen-bond donors (Lipinski definition) is 1. The molecule has 3 heteroatoms. The number of ether oxygens (including phenoxy) is 1. The third-order valence-corrected chi connectivity index (χ3v) is 3.46. The van der Waals surface area contributed by atoms with Crippen LogP contribution in [0.2, 0.25) is 0 Å². The van der Waals surface area contributed by atoms with Crippen LogP contribution in [0.15, 0.2) is 36.4 Å². The lowest BCUT2D eigenvalue weighted by Crippen LogP contribution is -2.03. The normalized spacial score (nSPS) is 11.2. The van der Waals surface area contributed by atoms with Crippen molar-refractivity contribution in [3.05, 3.63) is 53.2 Å². The molecule has 1 aromatic heterocycles. The first-order chi connectivity index (χ1) is 10.0. The zero-order chi connectivity index (χ0) is 15.4. The highest BCUT2D eigenvalue weighted by atomic mass is 16.5. The van der Waals surface area contributed by atoms with E-state index in [-0.39, 0.29) is 0 Å². The van der Waals surface area contributed by atoms with Crippen molar-refractivity contribution >= 4 is 0 Å². The number of rotatable bonds is 5. The molecule has 0 unspecified atom stereocenters. The second kappa shape index (κ2) is 6.72. The van der Waals surface area contributed by atoms with E-state index in [0.29, 0.717) is 24.3 Å². The molecule has 21 heavy (non-hydrogen) atoms. The van der Waals surface area contributed by atoms with E-state index in [1.807, 2.05) is 30.3 Å². The highest BCUT2D eigenvalue weighted by Crippen LogP contribution is 2.30. The Morgan fingerprint density at radius 1 is 1.05 bits per heavy atom. The molecule has 0 radical (unpaired) electrons. The highest BCUT2D eigenvalue weighted by molar-refractivity contribution is 5.39. The molecule has 1 heterocycles. The Morgan fingerprint density at radius 2 is 1.76 bits per heavy atom. The molecular formula is C18H24N2O. The van der Waals surface area contributed by atoms with Gasteiger partial charge in [0.05, 0.1) is 0 Å². The van der Waals surface area contributed by atoms with E-state index in [9.17, 15) is 0 Å². The Bertz CT molecular complexity index is 606. The fraction of sp³-hybridized carbons (Fsp3) is 0.389. The van der Waals surface area contributed by atoms with Gasteiger partial charge in [-0.25, -0.2) is 4.98 Å². The SMILES string of the molecule is CC(C)c1cc(CN)cc(Oc2ccccc2C(C)C)n1. The van der Waals surface area contributed by atoms with Gasteiger partial charge in [-0.3, -0.25) is 0 Å². The van der Waals surface area contributed by atoms with E-state index in [1.54, 1.807) is 0 Å². The molecule has 0 aliphatic heterocycles. The molecule has 112 valence electrons. The predicted molar refractivity (Wildman–Crippen MR) is 86.8 cm³/mol. The van der Waals surface area contributed by atoms with E-state index >= 15 is 0 Å².